The lowest BCUT2D eigenvalue weighted by atomic mass is 10.1. The van der Waals surface area contributed by atoms with Gasteiger partial charge in [-0.3, -0.25) is 4.79 Å². The zero-order chi connectivity index (χ0) is 16.0. The molecule has 0 spiro atoms. The Morgan fingerprint density at radius 1 is 1.55 bits per heavy atom. The minimum atomic E-state index is -0.626. The van der Waals surface area contributed by atoms with E-state index in [2.05, 4.69) is 10.0 Å². The van der Waals surface area contributed by atoms with E-state index < -0.39 is 5.60 Å². The molecule has 0 saturated carbocycles. The van der Waals surface area contributed by atoms with Gasteiger partial charge in [-0.05, 0) is 23.9 Å². The van der Waals surface area contributed by atoms with Crippen LogP contribution in [0.5, 0.6) is 0 Å². The van der Waals surface area contributed by atoms with Crippen molar-refractivity contribution in [2.75, 3.05) is 26.8 Å². The van der Waals surface area contributed by atoms with E-state index in [1.165, 1.54) is 0 Å². The first-order chi connectivity index (χ1) is 10.6. The zero-order valence-corrected chi connectivity index (χ0v) is 12.6. The Hall–Kier alpha value is -2.08. The summed E-state index contributed by atoms with van der Waals surface area (Å²) in [6.07, 6.45) is 1.49. The number of nitrogens with zero attached hydrogens (tertiary/aromatic N) is 4. The molecule has 1 atom stereocenters. The number of rotatable bonds is 6. The minimum Gasteiger partial charge on any atom is -0.393 e. The molecule has 1 unspecified atom stereocenters. The number of hydrogen-bond donors (Lipinski definition) is 1. The molecule has 1 aliphatic rings. The van der Waals surface area contributed by atoms with Gasteiger partial charge in [0.15, 0.2) is 0 Å². The number of carbonyl (C=O) groups is 1. The van der Waals surface area contributed by atoms with Gasteiger partial charge in [0.05, 0.1) is 13.2 Å². The number of carbonyl (C=O) groups excluding carboxylic acids is 1. The van der Waals surface area contributed by atoms with Gasteiger partial charge in [0.25, 0.3) is 0 Å². The standard InChI is InChI=1S/C15H20N4O3/c1-22-15(11-20)8-9-19(10-15)14(21)7-6-12-4-2-3-5-13(12)17-18-16/h2-5,20H,6-11H2,1H3. The van der Waals surface area contributed by atoms with Crippen LogP contribution in [-0.2, 0) is 16.0 Å². The van der Waals surface area contributed by atoms with Crippen molar-refractivity contribution < 1.29 is 14.6 Å². The molecule has 1 aromatic rings. The number of amides is 1. The number of methoxy groups -OCH3 is 1. The molecule has 1 N–H and O–H groups in total. The van der Waals surface area contributed by atoms with E-state index >= 15 is 0 Å². The molecule has 0 radical (unpaired) electrons. The molecule has 1 saturated heterocycles. The molecular formula is C15H20N4O3. The average molecular weight is 304 g/mol. The number of ether oxygens (including phenoxy) is 1. The summed E-state index contributed by atoms with van der Waals surface area (Å²) < 4.78 is 5.34. The van der Waals surface area contributed by atoms with Gasteiger partial charge in [0, 0.05) is 30.7 Å². The van der Waals surface area contributed by atoms with Gasteiger partial charge in [-0.2, -0.15) is 0 Å². The van der Waals surface area contributed by atoms with E-state index in [-0.39, 0.29) is 12.5 Å². The molecule has 22 heavy (non-hydrogen) atoms. The highest BCUT2D eigenvalue weighted by atomic mass is 16.5. The van der Waals surface area contributed by atoms with Gasteiger partial charge in [-0.1, -0.05) is 29.4 Å². The van der Waals surface area contributed by atoms with Crippen LogP contribution in [0.1, 0.15) is 18.4 Å². The molecule has 2 rings (SSSR count). The van der Waals surface area contributed by atoms with Crippen LogP contribution in [0.15, 0.2) is 29.4 Å². The van der Waals surface area contributed by atoms with Gasteiger partial charge in [-0.25, -0.2) is 0 Å². The van der Waals surface area contributed by atoms with Gasteiger partial charge < -0.3 is 14.7 Å². The maximum Gasteiger partial charge on any atom is 0.223 e. The molecule has 7 nitrogen and oxygen atoms in total. The van der Waals surface area contributed by atoms with Crippen molar-refractivity contribution >= 4 is 11.6 Å². The summed E-state index contributed by atoms with van der Waals surface area (Å²) in [7, 11) is 1.56. The first kappa shape index (κ1) is 16.3. The van der Waals surface area contributed by atoms with Crippen molar-refractivity contribution in [1.29, 1.82) is 0 Å². The number of aryl methyl sites for hydroxylation is 1. The smallest absolute Gasteiger partial charge is 0.223 e. The van der Waals surface area contributed by atoms with Crippen molar-refractivity contribution in [1.82, 2.24) is 4.90 Å². The Labute approximate surface area is 129 Å². The first-order valence-electron chi connectivity index (χ1n) is 7.21. The third-order valence-electron chi connectivity index (χ3n) is 4.14. The second kappa shape index (κ2) is 7.26. The Kier molecular flexibility index (Phi) is 5.38. The highest BCUT2D eigenvalue weighted by molar-refractivity contribution is 5.77. The number of likely N-dealkylation sites (tertiary alicyclic amines) is 1. The molecular weight excluding hydrogens is 284 g/mol. The highest BCUT2D eigenvalue weighted by Crippen LogP contribution is 2.26. The third kappa shape index (κ3) is 3.57. The largest absolute Gasteiger partial charge is 0.393 e. The third-order valence-corrected chi connectivity index (χ3v) is 4.14. The fourth-order valence-corrected chi connectivity index (χ4v) is 2.69. The van der Waals surface area contributed by atoms with E-state index in [4.69, 9.17) is 10.3 Å². The molecule has 118 valence electrons. The van der Waals surface area contributed by atoms with E-state index in [1.54, 1.807) is 24.1 Å². The summed E-state index contributed by atoms with van der Waals surface area (Å²) in [5.74, 6) is 0.0168. The van der Waals surface area contributed by atoms with Crippen LogP contribution < -0.4 is 0 Å². The summed E-state index contributed by atoms with van der Waals surface area (Å²) in [5, 5.41) is 13.0. The second-order valence-electron chi connectivity index (χ2n) is 5.43. The predicted molar refractivity (Wildman–Crippen MR) is 81.6 cm³/mol. The molecule has 0 bridgehead atoms. The number of benzene rings is 1. The summed E-state index contributed by atoms with van der Waals surface area (Å²) >= 11 is 0. The van der Waals surface area contributed by atoms with Crippen molar-refractivity contribution in [3.05, 3.63) is 40.3 Å². The SMILES string of the molecule is COC1(CO)CCN(C(=O)CCc2ccccc2N=[N+]=[N-])C1. The van der Waals surface area contributed by atoms with Crippen LogP contribution in [0, 0.1) is 0 Å². The van der Waals surface area contributed by atoms with Gasteiger partial charge in [0.1, 0.15) is 5.60 Å². The van der Waals surface area contributed by atoms with E-state index in [1.807, 2.05) is 12.1 Å². The zero-order valence-electron chi connectivity index (χ0n) is 12.6. The highest BCUT2D eigenvalue weighted by Gasteiger charge is 2.39. The Morgan fingerprint density at radius 2 is 2.32 bits per heavy atom. The van der Waals surface area contributed by atoms with Crippen molar-refractivity contribution in [3.8, 4) is 0 Å². The lowest BCUT2D eigenvalue weighted by Gasteiger charge is -2.25. The minimum absolute atomic E-state index is 0.0168. The summed E-state index contributed by atoms with van der Waals surface area (Å²) in [4.78, 5) is 16.8. The molecule has 1 aromatic carbocycles. The van der Waals surface area contributed by atoms with Crippen LogP contribution in [0.2, 0.25) is 0 Å². The number of aliphatic hydroxyl groups is 1. The molecule has 1 amide bonds. The lowest BCUT2D eigenvalue weighted by molar-refractivity contribution is -0.131. The number of hydrogen-bond acceptors (Lipinski definition) is 4. The molecule has 1 aliphatic heterocycles. The molecule has 0 aliphatic carbocycles. The van der Waals surface area contributed by atoms with Crippen LogP contribution in [0.3, 0.4) is 0 Å². The van der Waals surface area contributed by atoms with Crippen LogP contribution in [0.25, 0.3) is 10.4 Å². The summed E-state index contributed by atoms with van der Waals surface area (Å²) in [6, 6.07) is 7.24. The second-order valence-corrected chi connectivity index (χ2v) is 5.43. The molecule has 1 heterocycles. The monoisotopic (exact) mass is 304 g/mol. The van der Waals surface area contributed by atoms with Crippen molar-refractivity contribution in [3.63, 3.8) is 0 Å². The fourth-order valence-electron chi connectivity index (χ4n) is 2.69. The van der Waals surface area contributed by atoms with Crippen LogP contribution in [-0.4, -0.2) is 48.3 Å². The maximum atomic E-state index is 12.3. The normalized spacial score (nSPS) is 20.7. The summed E-state index contributed by atoms with van der Waals surface area (Å²) in [6.45, 7) is 0.912. The topological polar surface area (TPSA) is 98.5 Å². The van der Waals surface area contributed by atoms with Crippen molar-refractivity contribution in [2.45, 2.75) is 24.9 Å². The van der Waals surface area contributed by atoms with E-state index in [0.717, 1.165) is 5.56 Å². The van der Waals surface area contributed by atoms with Crippen LogP contribution in [0.4, 0.5) is 5.69 Å². The summed E-state index contributed by atoms with van der Waals surface area (Å²) in [5.41, 5.74) is 9.34. The quantitative estimate of drug-likeness (QED) is 0.495. The lowest BCUT2D eigenvalue weighted by Crippen LogP contribution is -2.40. The Bertz CT molecular complexity index is 580. The van der Waals surface area contributed by atoms with E-state index in [9.17, 15) is 9.90 Å². The maximum absolute atomic E-state index is 12.3. The van der Waals surface area contributed by atoms with Gasteiger partial charge in [-0.15, -0.1) is 0 Å². The first-order valence-corrected chi connectivity index (χ1v) is 7.21. The Morgan fingerprint density at radius 3 is 2.95 bits per heavy atom. The fraction of sp³-hybridized carbons (Fsp3) is 0.533. The molecule has 7 heteroatoms. The average Bonchev–Trinajstić information content (AvgIpc) is 2.99. The van der Waals surface area contributed by atoms with Crippen molar-refractivity contribution in [2.24, 2.45) is 5.11 Å². The Balaban J connectivity index is 1.96. The van der Waals surface area contributed by atoms with E-state index in [0.29, 0.717) is 38.0 Å². The molecule has 1 fully saturated rings. The number of azide groups is 1. The van der Waals surface area contributed by atoms with Crippen LogP contribution >= 0.6 is 0 Å². The molecule has 0 aromatic heterocycles. The van der Waals surface area contributed by atoms with Gasteiger partial charge in [0.2, 0.25) is 5.91 Å². The van der Waals surface area contributed by atoms with Gasteiger partial charge >= 0.3 is 0 Å². The number of aliphatic hydroxyl groups excluding tert-OH is 1. The predicted octanol–water partition coefficient (Wildman–Crippen LogP) is 2.17.